The monoisotopic (exact) mass is 217 g/mol. The minimum Gasteiger partial charge on any atom is -0.348 e. The van der Waals surface area contributed by atoms with Crippen molar-refractivity contribution in [2.24, 2.45) is 10.8 Å². The second-order valence-electron chi connectivity index (χ2n) is 5.72. The summed E-state index contributed by atoms with van der Waals surface area (Å²) in [5, 5.41) is 3.11. The van der Waals surface area contributed by atoms with Crippen LogP contribution >= 0.6 is 0 Å². The molecule has 0 aliphatic heterocycles. The summed E-state index contributed by atoms with van der Waals surface area (Å²) in [6.45, 7) is 8.79. The lowest BCUT2D eigenvalue weighted by Crippen LogP contribution is -2.29. The van der Waals surface area contributed by atoms with Crippen LogP contribution in [0.5, 0.6) is 0 Å². The van der Waals surface area contributed by atoms with Crippen LogP contribution in [0.4, 0.5) is 0 Å². The molecule has 2 nitrogen and oxygen atoms in total. The molecule has 0 bridgehead atoms. The maximum atomic E-state index is 12.0. The van der Waals surface area contributed by atoms with Gasteiger partial charge in [-0.05, 0) is 23.0 Å². The van der Waals surface area contributed by atoms with Gasteiger partial charge in [0.2, 0.25) is 0 Å². The second-order valence-corrected chi connectivity index (χ2v) is 5.72. The summed E-state index contributed by atoms with van der Waals surface area (Å²) in [4.78, 5) is 12.0. The van der Waals surface area contributed by atoms with E-state index in [0.717, 1.165) is 5.56 Å². The van der Waals surface area contributed by atoms with E-state index in [1.807, 2.05) is 30.3 Å². The molecule has 0 unspecified atom stereocenters. The van der Waals surface area contributed by atoms with Crippen LogP contribution in [0, 0.1) is 10.8 Å². The fourth-order valence-electron chi connectivity index (χ4n) is 2.36. The number of hydrogen-bond acceptors (Lipinski definition) is 1. The SMILES string of the molecule is CC1(C)C(NC(=O)c2ccccc2)C1(C)C. The van der Waals surface area contributed by atoms with Crippen molar-refractivity contribution in [1.82, 2.24) is 5.32 Å². The third-order valence-corrected chi connectivity index (χ3v) is 4.33. The zero-order chi connectivity index (χ0) is 12.0. The molecule has 0 heterocycles. The van der Waals surface area contributed by atoms with Gasteiger partial charge in [0.1, 0.15) is 0 Å². The van der Waals surface area contributed by atoms with Crippen LogP contribution < -0.4 is 5.32 Å². The van der Waals surface area contributed by atoms with E-state index >= 15 is 0 Å². The predicted molar refractivity (Wildman–Crippen MR) is 65.3 cm³/mol. The topological polar surface area (TPSA) is 29.1 Å². The van der Waals surface area contributed by atoms with E-state index < -0.39 is 0 Å². The van der Waals surface area contributed by atoms with Gasteiger partial charge in [0.15, 0.2) is 0 Å². The third kappa shape index (κ3) is 1.53. The van der Waals surface area contributed by atoms with Crippen molar-refractivity contribution in [3.63, 3.8) is 0 Å². The van der Waals surface area contributed by atoms with Crippen molar-refractivity contribution in [3.8, 4) is 0 Å². The Balaban J connectivity index is 2.06. The second kappa shape index (κ2) is 3.34. The summed E-state index contributed by atoms with van der Waals surface area (Å²) < 4.78 is 0. The number of nitrogens with one attached hydrogen (secondary N) is 1. The Labute approximate surface area is 97.1 Å². The van der Waals surface area contributed by atoms with E-state index in [2.05, 4.69) is 33.0 Å². The van der Waals surface area contributed by atoms with Gasteiger partial charge in [0, 0.05) is 11.6 Å². The number of benzene rings is 1. The smallest absolute Gasteiger partial charge is 0.251 e. The van der Waals surface area contributed by atoms with Gasteiger partial charge in [-0.25, -0.2) is 0 Å². The van der Waals surface area contributed by atoms with Gasteiger partial charge in [-0.3, -0.25) is 4.79 Å². The molecule has 0 aromatic heterocycles. The third-order valence-electron chi connectivity index (χ3n) is 4.33. The molecule has 16 heavy (non-hydrogen) atoms. The molecule has 1 saturated carbocycles. The lowest BCUT2D eigenvalue weighted by atomic mass is 10.0. The highest BCUT2D eigenvalue weighted by Crippen LogP contribution is 2.62. The summed E-state index contributed by atoms with van der Waals surface area (Å²) in [6.07, 6.45) is 0. The van der Waals surface area contributed by atoms with E-state index in [0.29, 0.717) is 0 Å². The van der Waals surface area contributed by atoms with Crippen molar-refractivity contribution < 1.29 is 4.79 Å². The Kier molecular flexibility index (Phi) is 2.33. The summed E-state index contributed by atoms with van der Waals surface area (Å²) in [7, 11) is 0. The first-order chi connectivity index (χ1) is 7.37. The molecule has 86 valence electrons. The molecule has 1 aromatic carbocycles. The van der Waals surface area contributed by atoms with Gasteiger partial charge in [0.05, 0.1) is 0 Å². The summed E-state index contributed by atoms with van der Waals surface area (Å²) in [5.74, 6) is 0.0317. The molecule has 0 radical (unpaired) electrons. The molecular weight excluding hydrogens is 198 g/mol. The van der Waals surface area contributed by atoms with E-state index in [4.69, 9.17) is 0 Å². The number of amides is 1. The molecule has 2 rings (SSSR count). The normalized spacial score (nSPS) is 21.5. The van der Waals surface area contributed by atoms with Crippen molar-refractivity contribution in [2.75, 3.05) is 0 Å². The van der Waals surface area contributed by atoms with Gasteiger partial charge >= 0.3 is 0 Å². The Morgan fingerprint density at radius 1 is 1.06 bits per heavy atom. The van der Waals surface area contributed by atoms with Gasteiger partial charge in [-0.2, -0.15) is 0 Å². The fourth-order valence-corrected chi connectivity index (χ4v) is 2.36. The average Bonchev–Trinajstić information content (AvgIpc) is 2.62. The van der Waals surface area contributed by atoms with Crippen LogP contribution in [-0.4, -0.2) is 11.9 Å². The maximum absolute atomic E-state index is 12.0. The van der Waals surface area contributed by atoms with Crippen molar-refractivity contribution in [3.05, 3.63) is 35.9 Å². The summed E-state index contributed by atoms with van der Waals surface area (Å²) >= 11 is 0. The van der Waals surface area contributed by atoms with Crippen LogP contribution in [0.1, 0.15) is 38.1 Å². The lowest BCUT2D eigenvalue weighted by molar-refractivity contribution is 0.0943. The molecule has 1 aliphatic carbocycles. The number of carbonyl (C=O) groups is 1. The maximum Gasteiger partial charge on any atom is 0.251 e. The minimum atomic E-state index is 0.0317. The summed E-state index contributed by atoms with van der Waals surface area (Å²) in [6, 6.07) is 9.65. The van der Waals surface area contributed by atoms with Gasteiger partial charge in [-0.15, -0.1) is 0 Å². The highest BCUT2D eigenvalue weighted by molar-refractivity contribution is 5.94. The van der Waals surface area contributed by atoms with E-state index in [9.17, 15) is 4.79 Å². The Bertz CT molecular complexity index is 392. The first-order valence-electron chi connectivity index (χ1n) is 5.73. The van der Waals surface area contributed by atoms with Gasteiger partial charge < -0.3 is 5.32 Å². The molecule has 1 aromatic rings. The number of rotatable bonds is 2. The zero-order valence-corrected chi connectivity index (χ0v) is 10.4. The molecule has 0 saturated heterocycles. The van der Waals surface area contributed by atoms with E-state index in [1.165, 1.54) is 0 Å². The quantitative estimate of drug-likeness (QED) is 0.811. The van der Waals surface area contributed by atoms with E-state index in [1.54, 1.807) is 0 Å². The molecule has 0 atom stereocenters. The average molecular weight is 217 g/mol. The van der Waals surface area contributed by atoms with Crippen molar-refractivity contribution >= 4 is 5.91 Å². The first kappa shape index (κ1) is 11.2. The van der Waals surface area contributed by atoms with Crippen LogP contribution in [0.15, 0.2) is 30.3 Å². The van der Waals surface area contributed by atoms with Crippen LogP contribution in [0.3, 0.4) is 0 Å². The lowest BCUT2D eigenvalue weighted by Gasteiger charge is -2.06. The van der Waals surface area contributed by atoms with Crippen LogP contribution in [0.2, 0.25) is 0 Å². The molecule has 1 N–H and O–H groups in total. The first-order valence-corrected chi connectivity index (χ1v) is 5.73. The van der Waals surface area contributed by atoms with Crippen LogP contribution in [-0.2, 0) is 0 Å². The molecule has 1 fully saturated rings. The Morgan fingerprint density at radius 3 is 2.00 bits per heavy atom. The van der Waals surface area contributed by atoms with E-state index in [-0.39, 0.29) is 22.8 Å². The highest BCUT2D eigenvalue weighted by Gasteiger charge is 2.65. The molecule has 2 heteroatoms. The molecule has 1 aliphatic rings. The Hall–Kier alpha value is -1.31. The highest BCUT2D eigenvalue weighted by atomic mass is 16.1. The summed E-state index contributed by atoms with van der Waals surface area (Å²) in [5.41, 5.74) is 1.12. The van der Waals surface area contributed by atoms with Crippen molar-refractivity contribution in [2.45, 2.75) is 33.7 Å². The van der Waals surface area contributed by atoms with Gasteiger partial charge in [-0.1, -0.05) is 45.9 Å². The minimum absolute atomic E-state index is 0.0317. The Morgan fingerprint density at radius 2 is 1.56 bits per heavy atom. The number of hydrogen-bond donors (Lipinski definition) is 1. The van der Waals surface area contributed by atoms with Crippen molar-refractivity contribution in [1.29, 1.82) is 0 Å². The largest absolute Gasteiger partial charge is 0.348 e. The fraction of sp³-hybridized carbons (Fsp3) is 0.500. The molecule has 0 spiro atoms. The molecular formula is C14H19NO. The van der Waals surface area contributed by atoms with Crippen LogP contribution in [0.25, 0.3) is 0 Å². The molecule has 1 amide bonds. The number of carbonyl (C=O) groups excluding carboxylic acids is 1. The predicted octanol–water partition coefficient (Wildman–Crippen LogP) is 2.85. The van der Waals surface area contributed by atoms with Gasteiger partial charge in [0.25, 0.3) is 5.91 Å². The zero-order valence-electron chi connectivity index (χ0n) is 10.4. The standard InChI is InChI=1S/C14H19NO/c1-13(2)12(14(13,3)4)15-11(16)10-8-6-5-7-9-10/h5-9,12H,1-4H3,(H,15,16).